The van der Waals surface area contributed by atoms with Crippen molar-refractivity contribution in [2.75, 3.05) is 26.7 Å². The van der Waals surface area contributed by atoms with Crippen molar-refractivity contribution in [2.45, 2.75) is 44.7 Å². The summed E-state index contributed by atoms with van der Waals surface area (Å²) in [6, 6.07) is 22.3. The van der Waals surface area contributed by atoms with E-state index in [1.54, 1.807) is 12.0 Å². The SMILES string of the molecule is COc1cccc(-c2ccc(CNC(=O)[C@H]3C[C@@H]3c3ccccc3)c3c2CCN(C(=O)N2CCC(C(=O)O)CC2)C3)c1. The molecule has 1 saturated carbocycles. The lowest BCUT2D eigenvalue weighted by Crippen LogP contribution is -2.49. The Labute approximate surface area is 246 Å². The maximum absolute atomic E-state index is 13.5. The fourth-order valence-electron chi connectivity index (χ4n) is 6.52. The number of ether oxygens (including phenoxy) is 1. The summed E-state index contributed by atoms with van der Waals surface area (Å²) in [7, 11) is 1.66. The Hall–Kier alpha value is -4.33. The molecule has 8 heteroatoms. The molecule has 8 nitrogen and oxygen atoms in total. The highest BCUT2D eigenvalue weighted by Gasteiger charge is 2.43. The van der Waals surface area contributed by atoms with Gasteiger partial charge in [-0.05, 0) is 77.1 Å². The molecule has 2 aliphatic heterocycles. The minimum Gasteiger partial charge on any atom is -0.497 e. The first-order valence-corrected chi connectivity index (χ1v) is 14.8. The zero-order valence-corrected chi connectivity index (χ0v) is 23.9. The number of amides is 3. The van der Waals surface area contributed by atoms with E-state index in [1.165, 1.54) is 11.1 Å². The van der Waals surface area contributed by atoms with Crippen molar-refractivity contribution in [1.29, 1.82) is 0 Å². The molecule has 3 aromatic carbocycles. The summed E-state index contributed by atoms with van der Waals surface area (Å²) in [4.78, 5) is 41.7. The van der Waals surface area contributed by atoms with Crippen molar-refractivity contribution >= 4 is 17.9 Å². The predicted octanol–water partition coefficient (Wildman–Crippen LogP) is 5.06. The van der Waals surface area contributed by atoms with Crippen LogP contribution < -0.4 is 10.1 Å². The number of carbonyl (C=O) groups excluding carboxylic acids is 2. The molecule has 1 aliphatic carbocycles. The maximum Gasteiger partial charge on any atom is 0.320 e. The second kappa shape index (κ2) is 11.9. The summed E-state index contributed by atoms with van der Waals surface area (Å²) < 4.78 is 5.47. The van der Waals surface area contributed by atoms with E-state index in [0.717, 1.165) is 34.4 Å². The third kappa shape index (κ3) is 5.71. The molecule has 0 bridgehead atoms. The number of piperidine rings is 1. The summed E-state index contributed by atoms with van der Waals surface area (Å²) in [6.07, 6.45) is 2.52. The third-order valence-electron chi connectivity index (χ3n) is 9.08. The van der Waals surface area contributed by atoms with E-state index in [-0.39, 0.29) is 29.7 Å². The lowest BCUT2D eigenvalue weighted by molar-refractivity contribution is -0.143. The van der Waals surface area contributed by atoms with Crippen molar-refractivity contribution in [1.82, 2.24) is 15.1 Å². The number of carboxylic acids is 1. The van der Waals surface area contributed by atoms with Crippen LogP contribution in [0.2, 0.25) is 0 Å². The van der Waals surface area contributed by atoms with Crippen LogP contribution in [0.25, 0.3) is 11.1 Å². The highest BCUT2D eigenvalue weighted by Crippen LogP contribution is 2.47. The largest absolute Gasteiger partial charge is 0.497 e. The lowest BCUT2D eigenvalue weighted by Gasteiger charge is -2.38. The fraction of sp³-hybridized carbons (Fsp3) is 0.382. The first kappa shape index (κ1) is 27.8. The smallest absolute Gasteiger partial charge is 0.320 e. The van der Waals surface area contributed by atoms with Crippen LogP contribution in [0.4, 0.5) is 4.79 Å². The van der Waals surface area contributed by atoms with Crippen LogP contribution in [0.15, 0.2) is 66.7 Å². The number of carbonyl (C=O) groups is 3. The molecule has 3 amide bonds. The Morgan fingerprint density at radius 2 is 1.71 bits per heavy atom. The maximum atomic E-state index is 13.5. The Bertz CT molecular complexity index is 1480. The van der Waals surface area contributed by atoms with Gasteiger partial charge in [-0.25, -0.2) is 4.79 Å². The van der Waals surface area contributed by atoms with E-state index in [1.807, 2.05) is 41.3 Å². The van der Waals surface area contributed by atoms with Crippen LogP contribution in [0.1, 0.15) is 47.4 Å². The Morgan fingerprint density at radius 1 is 0.929 bits per heavy atom. The number of nitrogens with zero attached hydrogens (tertiary/aromatic N) is 2. The molecule has 0 spiro atoms. The van der Waals surface area contributed by atoms with Gasteiger partial charge in [-0.2, -0.15) is 0 Å². The molecule has 42 heavy (non-hydrogen) atoms. The number of rotatable bonds is 7. The topological polar surface area (TPSA) is 99.2 Å². The molecule has 2 N–H and O–H groups in total. The number of hydrogen-bond donors (Lipinski definition) is 2. The highest BCUT2D eigenvalue weighted by atomic mass is 16.5. The van der Waals surface area contributed by atoms with Crippen molar-refractivity contribution in [3.05, 3.63) is 89.0 Å². The highest BCUT2D eigenvalue weighted by molar-refractivity contribution is 5.83. The summed E-state index contributed by atoms with van der Waals surface area (Å²) in [5.74, 6) is -0.0521. The van der Waals surface area contributed by atoms with Gasteiger partial charge in [0.2, 0.25) is 5.91 Å². The van der Waals surface area contributed by atoms with Crippen LogP contribution in [0.5, 0.6) is 5.75 Å². The van der Waals surface area contributed by atoms with E-state index in [0.29, 0.717) is 52.0 Å². The van der Waals surface area contributed by atoms with Crippen molar-refractivity contribution in [3.63, 3.8) is 0 Å². The molecule has 0 unspecified atom stereocenters. The number of fused-ring (bicyclic) bond motifs is 1. The van der Waals surface area contributed by atoms with Crippen LogP contribution in [0, 0.1) is 11.8 Å². The third-order valence-corrected chi connectivity index (χ3v) is 9.08. The second-order valence-electron chi connectivity index (χ2n) is 11.6. The van der Waals surface area contributed by atoms with Crippen LogP contribution in [-0.4, -0.2) is 59.6 Å². The molecule has 6 rings (SSSR count). The number of nitrogens with one attached hydrogen (secondary N) is 1. The van der Waals surface area contributed by atoms with Gasteiger partial charge >= 0.3 is 12.0 Å². The minimum atomic E-state index is -0.785. The predicted molar refractivity (Wildman–Crippen MR) is 159 cm³/mol. The standard InChI is InChI=1S/C34H37N3O5/c1-42-26-9-5-8-24(18-26)27-11-10-25(20-35-32(38)30-19-29(30)22-6-3-2-4-7-22)31-21-37(17-14-28(27)31)34(41)36-15-12-23(13-16-36)33(39)40/h2-11,18,23,29-30H,12-17,19-21H2,1H3,(H,35,38)(H,39,40)/t29-,30+/m1/s1. The number of hydrogen-bond acceptors (Lipinski definition) is 4. The van der Waals surface area contributed by atoms with E-state index in [4.69, 9.17) is 4.74 Å². The van der Waals surface area contributed by atoms with Crippen molar-refractivity contribution in [3.8, 4) is 16.9 Å². The zero-order valence-electron chi connectivity index (χ0n) is 23.9. The van der Waals surface area contributed by atoms with Crippen LogP contribution in [0.3, 0.4) is 0 Å². The van der Waals surface area contributed by atoms with E-state index in [2.05, 4.69) is 35.6 Å². The van der Waals surface area contributed by atoms with Gasteiger partial charge in [0.1, 0.15) is 5.75 Å². The number of aliphatic carboxylic acids is 1. The fourth-order valence-corrected chi connectivity index (χ4v) is 6.52. The average molecular weight is 568 g/mol. The van der Waals surface area contributed by atoms with Crippen molar-refractivity contribution < 1.29 is 24.2 Å². The molecule has 218 valence electrons. The lowest BCUT2D eigenvalue weighted by atomic mass is 9.87. The number of carboxylic acid groups (broad SMARTS) is 1. The van der Waals surface area contributed by atoms with E-state index >= 15 is 0 Å². The molecule has 3 aromatic rings. The van der Waals surface area contributed by atoms with Crippen molar-refractivity contribution in [2.24, 2.45) is 11.8 Å². The first-order valence-electron chi connectivity index (χ1n) is 14.8. The van der Waals surface area contributed by atoms with Gasteiger partial charge in [-0.3, -0.25) is 9.59 Å². The molecule has 0 radical (unpaired) electrons. The number of benzene rings is 3. The van der Waals surface area contributed by atoms with E-state index in [9.17, 15) is 19.5 Å². The van der Waals surface area contributed by atoms with Gasteiger partial charge in [-0.15, -0.1) is 0 Å². The Morgan fingerprint density at radius 3 is 2.45 bits per heavy atom. The molecule has 3 aliphatic rings. The quantitative estimate of drug-likeness (QED) is 0.416. The molecule has 2 atom stereocenters. The van der Waals surface area contributed by atoms with Gasteiger partial charge in [0.25, 0.3) is 0 Å². The number of urea groups is 1. The first-order chi connectivity index (χ1) is 20.4. The van der Waals surface area contributed by atoms with Gasteiger partial charge in [-0.1, -0.05) is 54.6 Å². The molecule has 1 saturated heterocycles. The average Bonchev–Trinajstić information content (AvgIpc) is 3.85. The monoisotopic (exact) mass is 567 g/mol. The van der Waals surface area contributed by atoms with E-state index < -0.39 is 5.97 Å². The van der Waals surface area contributed by atoms with Crippen LogP contribution >= 0.6 is 0 Å². The summed E-state index contributed by atoms with van der Waals surface area (Å²) >= 11 is 0. The number of likely N-dealkylation sites (tertiary alicyclic amines) is 1. The molecule has 2 fully saturated rings. The van der Waals surface area contributed by atoms with Crippen LogP contribution in [-0.2, 0) is 29.1 Å². The normalized spacial score (nSPS) is 20.0. The Balaban J connectivity index is 1.22. The molecular formula is C34H37N3O5. The minimum absolute atomic E-state index is 0.00825. The molecule has 0 aromatic heterocycles. The second-order valence-corrected chi connectivity index (χ2v) is 11.6. The Kier molecular flexibility index (Phi) is 7.87. The van der Waals surface area contributed by atoms with Gasteiger partial charge < -0.3 is 25.0 Å². The zero-order chi connectivity index (χ0) is 29.2. The van der Waals surface area contributed by atoms with Gasteiger partial charge in [0.05, 0.1) is 13.0 Å². The molecule has 2 heterocycles. The summed E-state index contributed by atoms with van der Waals surface area (Å²) in [6.45, 7) is 2.35. The van der Waals surface area contributed by atoms with Gasteiger partial charge in [0, 0.05) is 38.6 Å². The summed E-state index contributed by atoms with van der Waals surface area (Å²) in [5.41, 5.74) is 6.66. The summed E-state index contributed by atoms with van der Waals surface area (Å²) in [5, 5.41) is 12.5. The van der Waals surface area contributed by atoms with Gasteiger partial charge in [0.15, 0.2) is 0 Å². The number of methoxy groups -OCH3 is 1. The molecular weight excluding hydrogens is 530 g/mol.